The van der Waals surface area contributed by atoms with E-state index in [-0.39, 0.29) is 23.8 Å². The fourth-order valence-corrected chi connectivity index (χ4v) is 1.56. The van der Waals surface area contributed by atoms with Crippen molar-refractivity contribution in [2.75, 3.05) is 19.4 Å². The normalized spacial score (nSPS) is 10.4. The Hall–Kier alpha value is -2.11. The summed E-state index contributed by atoms with van der Waals surface area (Å²) in [7, 11) is 1.24. The van der Waals surface area contributed by atoms with Crippen LogP contribution in [-0.2, 0) is 9.53 Å². The molecule has 5 nitrogen and oxygen atoms in total. The molecule has 0 aliphatic carbocycles. The van der Waals surface area contributed by atoms with Crippen LogP contribution in [0.15, 0.2) is 18.2 Å². The van der Waals surface area contributed by atoms with Gasteiger partial charge in [0.2, 0.25) is 0 Å². The number of hydrogen-bond donors (Lipinski definition) is 1. The smallest absolute Gasteiger partial charge is 0.325 e. The van der Waals surface area contributed by atoms with Crippen LogP contribution in [0.5, 0.6) is 0 Å². The average molecular weight is 268 g/mol. The number of benzene rings is 1. The number of carbonyl (C=O) groups is 2. The lowest BCUT2D eigenvalue weighted by Crippen LogP contribution is -2.41. The van der Waals surface area contributed by atoms with Gasteiger partial charge in [0.25, 0.3) is 5.91 Å². The van der Waals surface area contributed by atoms with Gasteiger partial charge in [0.05, 0.1) is 12.7 Å². The van der Waals surface area contributed by atoms with E-state index in [0.29, 0.717) is 0 Å². The highest BCUT2D eigenvalue weighted by Gasteiger charge is 2.23. The van der Waals surface area contributed by atoms with Gasteiger partial charge in [-0.15, -0.1) is 0 Å². The van der Waals surface area contributed by atoms with E-state index in [1.165, 1.54) is 24.1 Å². The highest BCUT2D eigenvalue weighted by molar-refractivity contribution is 6.00. The summed E-state index contributed by atoms with van der Waals surface area (Å²) in [4.78, 5) is 24.8. The number of anilines is 1. The van der Waals surface area contributed by atoms with Gasteiger partial charge >= 0.3 is 5.97 Å². The molecule has 6 heteroatoms. The van der Waals surface area contributed by atoms with E-state index in [1.807, 2.05) is 0 Å². The van der Waals surface area contributed by atoms with Gasteiger partial charge in [-0.2, -0.15) is 0 Å². The van der Waals surface area contributed by atoms with Gasteiger partial charge in [0.1, 0.15) is 12.4 Å². The molecule has 0 radical (unpaired) electrons. The number of nitrogen functional groups attached to an aromatic ring is 1. The lowest BCUT2D eigenvalue weighted by molar-refractivity contribution is -0.141. The molecule has 2 N–H and O–H groups in total. The second kappa shape index (κ2) is 6.17. The van der Waals surface area contributed by atoms with E-state index in [2.05, 4.69) is 4.74 Å². The molecule has 0 atom stereocenters. The summed E-state index contributed by atoms with van der Waals surface area (Å²) in [6.07, 6.45) is 0. The topological polar surface area (TPSA) is 72.6 Å². The van der Waals surface area contributed by atoms with Crippen molar-refractivity contribution in [3.63, 3.8) is 0 Å². The molecule has 0 aliphatic heterocycles. The molecule has 0 bridgehead atoms. The Bertz CT molecular complexity index is 489. The lowest BCUT2D eigenvalue weighted by atomic mass is 10.1. The first-order chi connectivity index (χ1) is 8.86. The van der Waals surface area contributed by atoms with E-state index in [4.69, 9.17) is 5.73 Å². The number of rotatable bonds is 4. The number of nitrogens with two attached hydrogens (primary N) is 1. The van der Waals surface area contributed by atoms with Crippen LogP contribution in [0.3, 0.4) is 0 Å². The number of carbonyl (C=O) groups excluding carboxylic acids is 2. The van der Waals surface area contributed by atoms with Gasteiger partial charge in [-0.1, -0.05) is 0 Å². The number of methoxy groups -OCH3 is 1. The molecule has 0 heterocycles. The summed E-state index contributed by atoms with van der Waals surface area (Å²) in [5.74, 6) is -1.60. The predicted molar refractivity (Wildman–Crippen MR) is 69.0 cm³/mol. The quantitative estimate of drug-likeness (QED) is 0.662. The molecule has 0 saturated carbocycles. The lowest BCUT2D eigenvalue weighted by Gasteiger charge is -2.26. The van der Waals surface area contributed by atoms with Crippen molar-refractivity contribution in [3.8, 4) is 0 Å². The fourth-order valence-electron chi connectivity index (χ4n) is 1.56. The largest absolute Gasteiger partial charge is 0.468 e. The molecule has 0 unspecified atom stereocenters. The minimum Gasteiger partial charge on any atom is -0.468 e. The van der Waals surface area contributed by atoms with Gasteiger partial charge < -0.3 is 15.4 Å². The molecule has 1 amide bonds. The molecule has 0 aliphatic rings. The third-order valence-electron chi connectivity index (χ3n) is 2.66. The van der Waals surface area contributed by atoms with Crippen LogP contribution in [0.4, 0.5) is 10.1 Å². The summed E-state index contributed by atoms with van der Waals surface area (Å²) in [6.45, 7) is 3.29. The zero-order chi connectivity index (χ0) is 14.6. The molecule has 0 spiro atoms. The van der Waals surface area contributed by atoms with Crippen LogP contribution in [-0.4, -0.2) is 36.5 Å². The monoisotopic (exact) mass is 268 g/mol. The Kier molecular flexibility index (Phi) is 4.86. The second-order valence-corrected chi connectivity index (χ2v) is 4.33. The number of hydrogen-bond acceptors (Lipinski definition) is 4. The molecule has 0 aromatic heterocycles. The maximum Gasteiger partial charge on any atom is 0.325 e. The number of halogens is 1. The zero-order valence-corrected chi connectivity index (χ0v) is 11.1. The number of nitrogens with zero attached hydrogens (tertiary/aromatic N) is 1. The van der Waals surface area contributed by atoms with Gasteiger partial charge in [0.15, 0.2) is 0 Å². The van der Waals surface area contributed by atoms with Crippen molar-refractivity contribution >= 4 is 17.6 Å². The molecular formula is C13H17FN2O3. The molecule has 1 rings (SSSR count). The van der Waals surface area contributed by atoms with Crippen LogP contribution >= 0.6 is 0 Å². The fraction of sp³-hybridized carbons (Fsp3) is 0.385. The maximum atomic E-state index is 13.2. The standard InChI is InChI=1S/C13H17FN2O3/c1-8(2)16(7-12(17)19-3)13(18)10-6-9(14)4-5-11(10)15/h4-6,8H,7,15H2,1-3H3. The number of ether oxygens (including phenoxy) is 1. The van der Waals surface area contributed by atoms with Crippen molar-refractivity contribution < 1.29 is 18.7 Å². The molecule has 0 fully saturated rings. The van der Waals surface area contributed by atoms with Gasteiger partial charge in [-0.25, -0.2) is 4.39 Å². The molecule has 1 aromatic rings. The number of amides is 1. The van der Waals surface area contributed by atoms with E-state index in [0.717, 1.165) is 6.07 Å². The molecule has 1 aromatic carbocycles. The Morgan fingerprint density at radius 2 is 2.05 bits per heavy atom. The van der Waals surface area contributed by atoms with E-state index >= 15 is 0 Å². The minimum absolute atomic E-state index is 0.0394. The third-order valence-corrected chi connectivity index (χ3v) is 2.66. The summed E-state index contributed by atoms with van der Waals surface area (Å²) in [5, 5.41) is 0. The first kappa shape index (κ1) is 14.9. The average Bonchev–Trinajstić information content (AvgIpc) is 2.37. The molecular weight excluding hydrogens is 251 g/mol. The first-order valence-electron chi connectivity index (χ1n) is 5.79. The van der Waals surface area contributed by atoms with Crippen molar-refractivity contribution in [1.29, 1.82) is 0 Å². The van der Waals surface area contributed by atoms with Crippen molar-refractivity contribution in [2.45, 2.75) is 19.9 Å². The predicted octanol–water partition coefficient (Wildman–Crippen LogP) is 1.43. The number of esters is 1. The van der Waals surface area contributed by atoms with Gasteiger partial charge in [0, 0.05) is 11.7 Å². The van der Waals surface area contributed by atoms with Gasteiger partial charge in [-0.3, -0.25) is 9.59 Å². The van der Waals surface area contributed by atoms with Crippen LogP contribution in [0, 0.1) is 5.82 Å². The Morgan fingerprint density at radius 1 is 1.42 bits per heavy atom. The summed E-state index contributed by atoms with van der Waals surface area (Å²) in [6, 6.07) is 3.31. The highest BCUT2D eigenvalue weighted by Crippen LogP contribution is 2.17. The minimum atomic E-state index is -0.556. The Balaban J connectivity index is 3.05. The Labute approximate surface area is 111 Å². The van der Waals surface area contributed by atoms with Crippen molar-refractivity contribution in [3.05, 3.63) is 29.6 Å². The summed E-state index contributed by atoms with van der Waals surface area (Å²) >= 11 is 0. The highest BCUT2D eigenvalue weighted by atomic mass is 19.1. The Morgan fingerprint density at radius 3 is 2.58 bits per heavy atom. The SMILES string of the molecule is COC(=O)CN(C(=O)c1cc(F)ccc1N)C(C)C. The van der Waals surface area contributed by atoms with Gasteiger partial charge in [-0.05, 0) is 32.0 Å². The van der Waals surface area contributed by atoms with Crippen molar-refractivity contribution in [1.82, 2.24) is 4.90 Å². The van der Waals surface area contributed by atoms with E-state index in [1.54, 1.807) is 13.8 Å². The molecule has 104 valence electrons. The van der Waals surface area contributed by atoms with Crippen LogP contribution < -0.4 is 5.73 Å². The van der Waals surface area contributed by atoms with Crippen molar-refractivity contribution in [2.24, 2.45) is 0 Å². The summed E-state index contributed by atoms with van der Waals surface area (Å²) < 4.78 is 17.7. The van der Waals surface area contributed by atoms with Crippen LogP contribution in [0.25, 0.3) is 0 Å². The molecule has 19 heavy (non-hydrogen) atoms. The summed E-state index contributed by atoms with van der Waals surface area (Å²) in [5.41, 5.74) is 5.87. The zero-order valence-electron chi connectivity index (χ0n) is 11.1. The first-order valence-corrected chi connectivity index (χ1v) is 5.79. The maximum absolute atomic E-state index is 13.2. The van der Waals surface area contributed by atoms with Crippen LogP contribution in [0.1, 0.15) is 24.2 Å². The van der Waals surface area contributed by atoms with E-state index in [9.17, 15) is 14.0 Å². The third kappa shape index (κ3) is 3.67. The second-order valence-electron chi connectivity index (χ2n) is 4.33. The van der Waals surface area contributed by atoms with E-state index < -0.39 is 17.7 Å². The molecule has 0 saturated heterocycles. The van der Waals surface area contributed by atoms with Crippen LogP contribution in [0.2, 0.25) is 0 Å².